The van der Waals surface area contributed by atoms with Crippen LogP contribution >= 0.6 is 11.6 Å². The van der Waals surface area contributed by atoms with E-state index in [1.54, 1.807) is 13.1 Å². The molecule has 0 bridgehead atoms. The van der Waals surface area contributed by atoms with Gasteiger partial charge >= 0.3 is 0 Å². The van der Waals surface area contributed by atoms with Crippen LogP contribution in [-0.4, -0.2) is 26.3 Å². The fourth-order valence-corrected chi connectivity index (χ4v) is 2.79. The summed E-state index contributed by atoms with van der Waals surface area (Å²) in [4.78, 5) is 0. The van der Waals surface area contributed by atoms with Gasteiger partial charge in [0.05, 0.1) is 5.88 Å². The highest BCUT2D eigenvalue weighted by molar-refractivity contribution is 7.89. The fourth-order valence-electron chi connectivity index (χ4n) is 1.48. The molecule has 90 valence electrons. The lowest BCUT2D eigenvalue weighted by Gasteiger charge is -2.14. The molecule has 1 fully saturated rings. The molecule has 0 spiro atoms. The molecule has 16 heavy (non-hydrogen) atoms. The molecule has 1 heterocycles. The van der Waals surface area contributed by atoms with E-state index in [9.17, 15) is 8.42 Å². The van der Waals surface area contributed by atoms with Crippen LogP contribution in [0, 0.1) is 5.92 Å². The van der Waals surface area contributed by atoms with Crippen molar-refractivity contribution in [3.8, 4) is 0 Å². The van der Waals surface area contributed by atoms with Crippen molar-refractivity contribution in [1.82, 2.24) is 4.31 Å². The number of rotatable bonds is 5. The van der Waals surface area contributed by atoms with E-state index in [1.165, 1.54) is 10.4 Å². The zero-order valence-corrected chi connectivity index (χ0v) is 10.6. The smallest absolute Gasteiger partial charge is 0.276 e. The van der Waals surface area contributed by atoms with E-state index < -0.39 is 10.0 Å². The van der Waals surface area contributed by atoms with Gasteiger partial charge in [0.1, 0.15) is 5.76 Å². The van der Waals surface area contributed by atoms with Crippen LogP contribution in [0.15, 0.2) is 21.6 Å². The average molecular weight is 264 g/mol. The Kier molecular flexibility index (Phi) is 3.28. The van der Waals surface area contributed by atoms with Gasteiger partial charge in [-0.05, 0) is 30.9 Å². The van der Waals surface area contributed by atoms with Gasteiger partial charge in [-0.15, -0.1) is 11.6 Å². The Balaban J connectivity index is 2.16. The molecule has 1 aromatic rings. The number of alkyl halides is 1. The highest BCUT2D eigenvalue weighted by atomic mass is 35.5. The zero-order valence-electron chi connectivity index (χ0n) is 9.02. The van der Waals surface area contributed by atoms with Crippen LogP contribution in [0.4, 0.5) is 0 Å². The molecule has 1 saturated carbocycles. The molecule has 6 heteroatoms. The van der Waals surface area contributed by atoms with Crippen molar-refractivity contribution in [2.24, 2.45) is 5.92 Å². The molecular weight excluding hydrogens is 250 g/mol. The molecule has 0 unspecified atom stereocenters. The quantitative estimate of drug-likeness (QED) is 0.764. The number of nitrogens with zero attached hydrogens (tertiary/aromatic N) is 1. The standard InChI is InChI=1S/C10H14ClNO3S/c1-12(7-8-2-3-8)16(13,14)10-5-4-9(6-11)15-10/h4-5,8H,2-3,6-7H2,1H3. The van der Waals surface area contributed by atoms with E-state index in [-0.39, 0.29) is 11.0 Å². The summed E-state index contributed by atoms with van der Waals surface area (Å²) < 4.78 is 30.5. The van der Waals surface area contributed by atoms with Crippen LogP contribution in [0.1, 0.15) is 18.6 Å². The summed E-state index contributed by atoms with van der Waals surface area (Å²) in [5.74, 6) is 1.17. The third-order valence-electron chi connectivity index (χ3n) is 2.65. The van der Waals surface area contributed by atoms with Crippen LogP contribution in [0.5, 0.6) is 0 Å². The molecule has 0 aliphatic heterocycles. The molecule has 1 aromatic heterocycles. The molecule has 0 radical (unpaired) electrons. The minimum absolute atomic E-state index is 0.0219. The molecule has 1 aliphatic rings. The Bertz CT molecular complexity index is 464. The summed E-state index contributed by atoms with van der Waals surface area (Å²) in [7, 11) is -1.90. The second-order valence-electron chi connectivity index (χ2n) is 4.08. The van der Waals surface area contributed by atoms with Gasteiger partial charge in [-0.1, -0.05) is 0 Å². The third kappa shape index (κ3) is 2.42. The Morgan fingerprint density at radius 1 is 1.50 bits per heavy atom. The number of sulfonamides is 1. The van der Waals surface area contributed by atoms with E-state index in [2.05, 4.69) is 0 Å². The summed E-state index contributed by atoms with van der Waals surface area (Å²) in [5, 5.41) is -0.0219. The van der Waals surface area contributed by atoms with Crippen molar-refractivity contribution < 1.29 is 12.8 Å². The van der Waals surface area contributed by atoms with Crippen molar-refractivity contribution in [1.29, 1.82) is 0 Å². The van der Waals surface area contributed by atoms with Crippen molar-refractivity contribution in [2.75, 3.05) is 13.6 Å². The van der Waals surface area contributed by atoms with Crippen LogP contribution in [0.2, 0.25) is 0 Å². The van der Waals surface area contributed by atoms with Crippen molar-refractivity contribution >= 4 is 21.6 Å². The van der Waals surface area contributed by atoms with Crippen molar-refractivity contribution in [2.45, 2.75) is 23.8 Å². The maximum atomic E-state index is 12.0. The third-order valence-corrected chi connectivity index (χ3v) is 4.61. The SMILES string of the molecule is CN(CC1CC1)S(=O)(=O)c1ccc(CCl)o1. The first-order valence-electron chi connectivity index (χ1n) is 5.15. The Morgan fingerprint density at radius 2 is 2.19 bits per heavy atom. The minimum atomic E-state index is -3.48. The minimum Gasteiger partial charge on any atom is -0.447 e. The van der Waals surface area contributed by atoms with Gasteiger partial charge in [0.25, 0.3) is 10.0 Å². The van der Waals surface area contributed by atoms with Gasteiger partial charge in [0.15, 0.2) is 0 Å². The molecule has 2 rings (SSSR count). The van der Waals surface area contributed by atoms with Gasteiger partial charge < -0.3 is 4.42 Å². The van der Waals surface area contributed by atoms with Crippen LogP contribution in [0.3, 0.4) is 0 Å². The second kappa shape index (κ2) is 4.39. The predicted octanol–water partition coefficient (Wildman–Crippen LogP) is 2.05. The molecule has 0 N–H and O–H groups in total. The molecule has 4 nitrogen and oxygen atoms in total. The lowest BCUT2D eigenvalue weighted by atomic mass is 10.4. The van der Waals surface area contributed by atoms with Crippen molar-refractivity contribution in [3.05, 3.63) is 17.9 Å². The van der Waals surface area contributed by atoms with Gasteiger partial charge in [-0.3, -0.25) is 0 Å². The van der Waals surface area contributed by atoms with E-state index in [0.717, 1.165) is 12.8 Å². The van der Waals surface area contributed by atoms with E-state index in [1.807, 2.05) is 0 Å². The topological polar surface area (TPSA) is 50.5 Å². The number of furan rings is 1. The summed E-state index contributed by atoms with van der Waals surface area (Å²) in [6, 6.07) is 3.04. The lowest BCUT2D eigenvalue weighted by Crippen LogP contribution is -2.28. The molecule has 1 aliphatic carbocycles. The molecular formula is C10H14ClNO3S. The average Bonchev–Trinajstić information content (AvgIpc) is 2.93. The molecule has 0 aromatic carbocycles. The van der Waals surface area contributed by atoms with E-state index in [4.69, 9.17) is 16.0 Å². The Morgan fingerprint density at radius 3 is 2.69 bits per heavy atom. The lowest BCUT2D eigenvalue weighted by molar-refractivity contribution is 0.390. The number of hydrogen-bond donors (Lipinski definition) is 0. The first-order valence-corrected chi connectivity index (χ1v) is 7.12. The van der Waals surface area contributed by atoms with Crippen molar-refractivity contribution in [3.63, 3.8) is 0 Å². The van der Waals surface area contributed by atoms with Gasteiger partial charge in [0.2, 0.25) is 5.09 Å². The summed E-state index contributed by atoms with van der Waals surface area (Å²) in [6.45, 7) is 0.569. The molecule has 0 saturated heterocycles. The van der Waals surface area contributed by atoms with Crippen LogP contribution in [0.25, 0.3) is 0 Å². The maximum Gasteiger partial charge on any atom is 0.276 e. The maximum absolute atomic E-state index is 12.0. The summed E-state index contributed by atoms with van der Waals surface area (Å²) >= 11 is 5.56. The van der Waals surface area contributed by atoms with Gasteiger partial charge in [0, 0.05) is 13.6 Å². The summed E-state index contributed by atoms with van der Waals surface area (Å²) in [5.41, 5.74) is 0. The Hall–Kier alpha value is -0.520. The highest BCUT2D eigenvalue weighted by Crippen LogP contribution is 2.31. The zero-order chi connectivity index (χ0) is 11.8. The first kappa shape index (κ1) is 12.0. The van der Waals surface area contributed by atoms with Crippen LogP contribution in [-0.2, 0) is 15.9 Å². The van der Waals surface area contributed by atoms with E-state index in [0.29, 0.717) is 18.2 Å². The molecule has 0 atom stereocenters. The monoisotopic (exact) mass is 263 g/mol. The molecule has 0 amide bonds. The Labute approximate surface area is 100 Å². The predicted molar refractivity (Wildman–Crippen MR) is 60.8 cm³/mol. The van der Waals surface area contributed by atoms with Gasteiger partial charge in [-0.2, -0.15) is 4.31 Å². The normalized spacial score (nSPS) is 16.9. The second-order valence-corrected chi connectivity index (χ2v) is 6.33. The van der Waals surface area contributed by atoms with E-state index >= 15 is 0 Å². The first-order chi connectivity index (χ1) is 7.54. The number of halogens is 1. The fraction of sp³-hybridized carbons (Fsp3) is 0.600. The van der Waals surface area contributed by atoms with Crippen LogP contribution < -0.4 is 0 Å². The van der Waals surface area contributed by atoms with Gasteiger partial charge in [-0.25, -0.2) is 8.42 Å². The summed E-state index contributed by atoms with van der Waals surface area (Å²) in [6.07, 6.45) is 2.23. The number of hydrogen-bond acceptors (Lipinski definition) is 3. The highest BCUT2D eigenvalue weighted by Gasteiger charge is 2.30. The largest absolute Gasteiger partial charge is 0.447 e.